The van der Waals surface area contributed by atoms with Gasteiger partial charge in [-0.3, -0.25) is 0 Å². The molecule has 0 aromatic heterocycles. The predicted octanol–water partition coefficient (Wildman–Crippen LogP) is 5.98. The Kier molecular flexibility index (Phi) is 5.45. The van der Waals surface area contributed by atoms with Crippen LogP contribution in [0.2, 0.25) is 9.26 Å². The third kappa shape index (κ3) is 3.03. The van der Waals surface area contributed by atoms with Crippen molar-refractivity contribution in [3.8, 4) is 0 Å². The fraction of sp³-hybridized carbons (Fsp3) is 0.600. The molecule has 22 heavy (non-hydrogen) atoms. The molecule has 0 nitrogen and oxygen atoms in total. The second kappa shape index (κ2) is 6.52. The summed E-state index contributed by atoms with van der Waals surface area (Å²) in [6.07, 6.45) is 13.4. The molecule has 122 valence electrons. The van der Waals surface area contributed by atoms with Crippen LogP contribution >= 0.6 is 0 Å². The Morgan fingerprint density at radius 2 is 1.82 bits per heavy atom. The number of hydrogen-bond donors (Lipinski definition) is 0. The van der Waals surface area contributed by atoms with E-state index in [1.165, 1.54) is 32.1 Å². The van der Waals surface area contributed by atoms with Crippen LogP contribution in [0.1, 0.15) is 59.8 Å². The van der Waals surface area contributed by atoms with Crippen molar-refractivity contribution >= 4 is 6.88 Å². The topological polar surface area (TPSA) is 0 Å². The van der Waals surface area contributed by atoms with Gasteiger partial charge < -0.3 is 0 Å². The summed E-state index contributed by atoms with van der Waals surface area (Å²) in [7, 11) is 0. The van der Waals surface area contributed by atoms with Gasteiger partial charge in [0.15, 0.2) is 0 Å². The molecule has 2 heteroatoms. The van der Waals surface area contributed by atoms with E-state index in [4.69, 9.17) is 0 Å². The molecular formula is C20H34SiZr. The molecule has 0 fully saturated rings. The molecule has 0 saturated heterocycles. The third-order valence-corrected chi connectivity index (χ3v) is 23.0. The van der Waals surface area contributed by atoms with Crippen molar-refractivity contribution in [3.05, 3.63) is 41.5 Å². The Bertz CT molecular complexity index is 649. The first-order chi connectivity index (χ1) is 10.2. The van der Waals surface area contributed by atoms with Crippen LogP contribution in [0.15, 0.2) is 41.5 Å². The summed E-state index contributed by atoms with van der Waals surface area (Å²) in [5.74, 6) is 0.695. The summed E-state index contributed by atoms with van der Waals surface area (Å²) in [6.45, 7) is 12.0. The first kappa shape index (κ1) is 18.4. The van der Waals surface area contributed by atoms with Crippen molar-refractivity contribution in [2.75, 3.05) is 0 Å². The molecule has 0 heterocycles. The average Bonchev–Trinajstić information content (AvgIpc) is 3.03. The van der Waals surface area contributed by atoms with Crippen LogP contribution in [-0.4, -0.2) is 6.88 Å². The maximum absolute atomic E-state index is 2.96. The van der Waals surface area contributed by atoms with Crippen LogP contribution in [0.25, 0.3) is 0 Å². The Morgan fingerprint density at radius 1 is 1.18 bits per heavy atom. The second-order valence-corrected chi connectivity index (χ2v) is 36.9. The molecular weight excluding hydrogens is 360 g/mol. The third-order valence-electron chi connectivity index (χ3n) is 5.88. The molecule has 0 aromatic carbocycles. The minimum absolute atomic E-state index is 0.695. The SMILES string of the molecule is CCCC1=C(CCC)C(C)[C]([Zr]([CH3])([CH3])(=[SiH2])[C]2=CC=CC2)=C1C. The van der Waals surface area contributed by atoms with E-state index in [9.17, 15) is 0 Å². The summed E-state index contributed by atoms with van der Waals surface area (Å²) in [5, 5.41) is 0. The Labute approximate surface area is 140 Å². The molecule has 1 unspecified atom stereocenters. The van der Waals surface area contributed by atoms with Gasteiger partial charge >= 0.3 is 141 Å². The van der Waals surface area contributed by atoms with E-state index in [0.717, 1.165) is 0 Å². The van der Waals surface area contributed by atoms with E-state index in [2.05, 4.69) is 62.1 Å². The van der Waals surface area contributed by atoms with Gasteiger partial charge in [-0.25, -0.2) is 0 Å². The van der Waals surface area contributed by atoms with Crippen LogP contribution in [0.5, 0.6) is 0 Å². The maximum atomic E-state index is 2.67. The van der Waals surface area contributed by atoms with Gasteiger partial charge in [0, 0.05) is 0 Å². The van der Waals surface area contributed by atoms with E-state index >= 15 is 0 Å². The van der Waals surface area contributed by atoms with Crippen LogP contribution in [0, 0.1) is 5.92 Å². The van der Waals surface area contributed by atoms with Gasteiger partial charge in [-0.2, -0.15) is 0 Å². The van der Waals surface area contributed by atoms with E-state index in [-0.39, 0.29) is 0 Å². The van der Waals surface area contributed by atoms with Crippen LogP contribution in [0.3, 0.4) is 0 Å². The number of allylic oxidation sites excluding steroid dienone is 8. The molecule has 0 N–H and O–H groups in total. The molecule has 0 amide bonds. The van der Waals surface area contributed by atoms with E-state index in [1.807, 2.05) is 3.28 Å². The van der Waals surface area contributed by atoms with E-state index in [0.29, 0.717) is 5.92 Å². The quantitative estimate of drug-likeness (QED) is 0.487. The van der Waals surface area contributed by atoms with Crippen molar-refractivity contribution in [1.29, 1.82) is 0 Å². The van der Waals surface area contributed by atoms with Crippen LogP contribution in [0.4, 0.5) is 0 Å². The summed E-state index contributed by atoms with van der Waals surface area (Å²) in [5.41, 5.74) is 5.20. The monoisotopic (exact) mass is 392 g/mol. The average molecular weight is 394 g/mol. The number of rotatable bonds is 6. The first-order valence-electron chi connectivity index (χ1n) is 9.10. The zero-order valence-electron chi connectivity index (χ0n) is 15.6. The van der Waals surface area contributed by atoms with E-state index in [1.54, 1.807) is 20.0 Å². The summed E-state index contributed by atoms with van der Waals surface area (Å²) >= 11 is -2.96. The van der Waals surface area contributed by atoms with Crippen molar-refractivity contribution in [3.63, 3.8) is 0 Å². The van der Waals surface area contributed by atoms with Gasteiger partial charge in [0.05, 0.1) is 0 Å². The molecule has 2 aliphatic rings. The predicted molar refractivity (Wildman–Crippen MR) is 101 cm³/mol. The Balaban J connectivity index is 2.55. The van der Waals surface area contributed by atoms with Crippen molar-refractivity contribution in [2.24, 2.45) is 5.92 Å². The van der Waals surface area contributed by atoms with Gasteiger partial charge in [0.25, 0.3) is 0 Å². The molecule has 2 rings (SSSR count). The molecule has 0 aromatic rings. The Morgan fingerprint density at radius 3 is 2.32 bits per heavy atom. The molecule has 0 aliphatic heterocycles. The molecule has 0 radical (unpaired) electrons. The zero-order chi connectivity index (χ0) is 16.6. The molecule has 0 bridgehead atoms. The number of hydrogen-bond acceptors (Lipinski definition) is 0. The molecule has 0 saturated carbocycles. The second-order valence-electron chi connectivity index (χ2n) is 8.27. The fourth-order valence-corrected chi connectivity index (χ4v) is 21.3. The van der Waals surface area contributed by atoms with Crippen molar-refractivity contribution in [1.82, 2.24) is 0 Å². The summed E-state index contributed by atoms with van der Waals surface area (Å²) in [4.78, 5) is 0. The zero-order valence-corrected chi connectivity index (χ0v) is 19.4. The van der Waals surface area contributed by atoms with Crippen molar-refractivity contribution in [2.45, 2.75) is 69.1 Å². The van der Waals surface area contributed by atoms with Gasteiger partial charge in [0.1, 0.15) is 0 Å². The molecule has 2 aliphatic carbocycles. The van der Waals surface area contributed by atoms with Gasteiger partial charge in [-0.15, -0.1) is 0 Å². The van der Waals surface area contributed by atoms with Gasteiger partial charge in [-0.05, 0) is 0 Å². The Hall–Kier alpha value is 0.0600. The van der Waals surface area contributed by atoms with Gasteiger partial charge in [-0.1, -0.05) is 0 Å². The first-order valence-corrected chi connectivity index (χ1v) is 22.4. The normalized spacial score (nSPS) is 22.9. The molecule has 1 atom stereocenters. The molecule has 0 spiro atoms. The van der Waals surface area contributed by atoms with E-state index < -0.39 is 17.4 Å². The fourth-order valence-electron chi connectivity index (χ4n) is 4.91. The minimum atomic E-state index is -2.96. The summed E-state index contributed by atoms with van der Waals surface area (Å²) in [6, 6.07) is 0. The van der Waals surface area contributed by atoms with Crippen LogP contribution in [-0.2, 0) is 17.4 Å². The van der Waals surface area contributed by atoms with Crippen molar-refractivity contribution < 1.29 is 17.4 Å². The standard InChI is InChI=1S/C13H21.C5H5.2CH3.H2Si.Zr/c1-5-7-12-10(3)9-11(4)13(12)8-6-2;1-2-4-5-3-1;;;;/h10H,5-8H2,1-4H3;1-3H,4H2;2*1H3;1H2;. The van der Waals surface area contributed by atoms with Gasteiger partial charge in [0.2, 0.25) is 0 Å². The van der Waals surface area contributed by atoms with Crippen LogP contribution < -0.4 is 0 Å². The summed E-state index contributed by atoms with van der Waals surface area (Å²) < 4.78 is 9.02.